The molecule has 218 valence electrons. The monoisotopic (exact) mass is 554 g/mol. The topological polar surface area (TPSA) is 130 Å². The Morgan fingerprint density at radius 3 is 2.42 bits per heavy atom. The molecule has 8 heteroatoms. The molecule has 0 aromatic heterocycles. The summed E-state index contributed by atoms with van der Waals surface area (Å²) in [5, 5.41) is 34.6. The van der Waals surface area contributed by atoms with Gasteiger partial charge in [0.25, 0.3) is 0 Å². The van der Waals surface area contributed by atoms with Gasteiger partial charge in [-0.3, -0.25) is 9.59 Å². The number of aliphatic hydroxyl groups is 3. The Bertz CT molecular complexity index is 1220. The minimum Gasteiger partial charge on any atom is -0.455 e. The van der Waals surface area contributed by atoms with Crippen LogP contribution in [-0.2, 0) is 23.9 Å². The van der Waals surface area contributed by atoms with E-state index in [4.69, 9.17) is 9.47 Å². The highest BCUT2D eigenvalue weighted by Crippen LogP contribution is 2.77. The Hall–Kier alpha value is -2.81. The van der Waals surface area contributed by atoms with Crippen LogP contribution in [-0.4, -0.2) is 62.6 Å². The number of aliphatic hydroxyl groups excluding tert-OH is 1. The third kappa shape index (κ3) is 4.35. The van der Waals surface area contributed by atoms with Gasteiger partial charge in [-0.15, -0.1) is 0 Å². The quantitative estimate of drug-likeness (QED) is 0.180. The van der Waals surface area contributed by atoms with E-state index in [2.05, 4.69) is 6.92 Å². The molecule has 8 nitrogen and oxygen atoms in total. The van der Waals surface area contributed by atoms with E-state index in [0.29, 0.717) is 11.1 Å². The summed E-state index contributed by atoms with van der Waals surface area (Å²) in [5.74, 6) is -4.80. The van der Waals surface area contributed by atoms with Gasteiger partial charge in [0.15, 0.2) is 11.4 Å². The fourth-order valence-corrected chi connectivity index (χ4v) is 7.83. The van der Waals surface area contributed by atoms with Crippen molar-refractivity contribution < 1.29 is 39.2 Å². The number of allylic oxidation sites excluding steroid dienone is 5. The van der Waals surface area contributed by atoms with Crippen LogP contribution in [0, 0.1) is 29.1 Å². The van der Waals surface area contributed by atoms with E-state index in [9.17, 15) is 29.7 Å². The fourth-order valence-electron chi connectivity index (χ4n) is 7.83. The maximum atomic E-state index is 13.2. The molecule has 0 aromatic rings. The van der Waals surface area contributed by atoms with Crippen LogP contribution in [0.25, 0.3) is 0 Å². The Balaban J connectivity index is 1.78. The minimum atomic E-state index is -1.96. The van der Waals surface area contributed by atoms with E-state index >= 15 is 0 Å². The molecule has 4 aliphatic carbocycles. The van der Waals surface area contributed by atoms with Crippen LogP contribution in [0.3, 0.4) is 0 Å². The maximum absolute atomic E-state index is 13.2. The number of carbonyl (C=O) groups excluding carboxylic acids is 3. The average Bonchev–Trinajstić information content (AvgIpc) is 3.31. The van der Waals surface area contributed by atoms with Crippen LogP contribution in [0.4, 0.5) is 0 Å². The van der Waals surface area contributed by atoms with Crippen molar-refractivity contribution in [1.82, 2.24) is 0 Å². The number of rotatable bonds is 8. The van der Waals surface area contributed by atoms with E-state index in [-0.39, 0.29) is 6.42 Å². The smallest absolute Gasteiger partial charge is 0.331 e. The minimum absolute atomic E-state index is 0.133. The lowest BCUT2D eigenvalue weighted by atomic mass is 9.59. The number of ether oxygens (including phenoxy) is 2. The molecular formula is C32H42O8. The molecule has 0 aliphatic heterocycles. The second-order valence-corrected chi connectivity index (χ2v) is 12.3. The van der Waals surface area contributed by atoms with Crippen molar-refractivity contribution in [3.05, 3.63) is 59.8 Å². The van der Waals surface area contributed by atoms with E-state index in [1.54, 1.807) is 44.2 Å². The number of Topliss-reactive ketones (excluding diaryl/α,β-unsaturated/α-hetero) is 1. The van der Waals surface area contributed by atoms with Gasteiger partial charge in [0.2, 0.25) is 0 Å². The van der Waals surface area contributed by atoms with Gasteiger partial charge < -0.3 is 24.8 Å². The Kier molecular flexibility index (Phi) is 7.95. The summed E-state index contributed by atoms with van der Waals surface area (Å²) in [6, 6.07) is 0. The Labute approximate surface area is 236 Å². The first-order valence-corrected chi connectivity index (χ1v) is 14.1. The third-order valence-electron chi connectivity index (χ3n) is 9.67. The Morgan fingerprint density at radius 2 is 1.80 bits per heavy atom. The zero-order valence-corrected chi connectivity index (χ0v) is 24.2. The molecule has 0 radical (unpaired) electrons. The molecule has 0 heterocycles. The molecule has 40 heavy (non-hydrogen) atoms. The average molecular weight is 555 g/mol. The molecule has 2 saturated carbocycles. The molecule has 8 atom stereocenters. The molecule has 0 unspecified atom stereocenters. The molecule has 4 rings (SSSR count). The molecule has 3 N–H and O–H groups in total. The van der Waals surface area contributed by atoms with Crippen molar-refractivity contribution >= 4 is 17.7 Å². The number of esters is 2. The highest BCUT2D eigenvalue weighted by molar-refractivity contribution is 6.04. The van der Waals surface area contributed by atoms with Crippen LogP contribution >= 0.6 is 0 Å². The number of ketones is 1. The van der Waals surface area contributed by atoms with Gasteiger partial charge >= 0.3 is 11.9 Å². The summed E-state index contributed by atoms with van der Waals surface area (Å²) in [5.41, 5.74) is -4.94. The second-order valence-electron chi connectivity index (χ2n) is 12.3. The van der Waals surface area contributed by atoms with Crippen LogP contribution in [0.2, 0.25) is 0 Å². The fraction of sp³-hybridized carbons (Fsp3) is 0.594. The van der Waals surface area contributed by atoms with Gasteiger partial charge in [-0.2, -0.15) is 0 Å². The summed E-state index contributed by atoms with van der Waals surface area (Å²) < 4.78 is 12.0. The van der Waals surface area contributed by atoms with E-state index in [0.717, 1.165) is 12.8 Å². The highest BCUT2D eigenvalue weighted by Gasteiger charge is 2.87. The molecule has 0 spiro atoms. The third-order valence-corrected chi connectivity index (χ3v) is 9.67. The summed E-state index contributed by atoms with van der Waals surface area (Å²) in [7, 11) is 0. The van der Waals surface area contributed by atoms with E-state index in [1.165, 1.54) is 13.0 Å². The van der Waals surface area contributed by atoms with Crippen molar-refractivity contribution in [1.29, 1.82) is 0 Å². The van der Waals surface area contributed by atoms with Gasteiger partial charge in [0, 0.05) is 48.5 Å². The SMILES string of the molecule is CCCC=CC=CC=CC(=O)O[C@@H]1[C@@H](C)[C@@]2(O)[C@@H](C=C(CO)C[C@]3(O)C(=O)C(C)=C[C@@H]23)[C@@H]2C(C)(C)[C@]12OC(C)=O. The van der Waals surface area contributed by atoms with Crippen molar-refractivity contribution in [2.75, 3.05) is 6.61 Å². The van der Waals surface area contributed by atoms with Crippen molar-refractivity contribution in [3.8, 4) is 0 Å². The lowest BCUT2D eigenvalue weighted by Gasteiger charge is -2.53. The predicted molar refractivity (Wildman–Crippen MR) is 149 cm³/mol. The van der Waals surface area contributed by atoms with Gasteiger partial charge in [-0.1, -0.05) is 76.6 Å². The van der Waals surface area contributed by atoms with Crippen LogP contribution in [0.5, 0.6) is 0 Å². The molecule has 0 amide bonds. The van der Waals surface area contributed by atoms with Gasteiger partial charge in [-0.25, -0.2) is 4.79 Å². The molecule has 4 aliphatic rings. The summed E-state index contributed by atoms with van der Waals surface area (Å²) in [4.78, 5) is 38.7. The van der Waals surface area contributed by atoms with Crippen LogP contribution < -0.4 is 0 Å². The molecule has 0 saturated heterocycles. The maximum Gasteiger partial charge on any atom is 0.331 e. The number of hydrogen-bond donors (Lipinski definition) is 3. The standard InChI is InChI=1S/C32H42O8/c1-7-8-9-10-11-12-13-14-25(35)39-28-20(3)31(38)23(26-29(5,6)32(26,28)40-21(4)34)16-22(18-33)17-30(37)24(31)15-19(2)27(30)36/h9-16,20,23-24,26,28,33,37-38H,7-8,17-18H2,1-6H3/t20-,23+,24-,26-,28-,30-,31-,32-/m1/s1. The molecule has 0 bridgehead atoms. The lowest BCUT2D eigenvalue weighted by Crippen LogP contribution is -2.66. The first-order chi connectivity index (χ1) is 18.7. The number of unbranched alkanes of at least 4 members (excludes halogenated alkanes) is 1. The zero-order valence-electron chi connectivity index (χ0n) is 24.2. The molecular weight excluding hydrogens is 512 g/mol. The first-order valence-electron chi connectivity index (χ1n) is 14.1. The number of carbonyl (C=O) groups is 3. The molecule has 2 fully saturated rings. The predicted octanol–water partition coefficient (Wildman–Crippen LogP) is 3.52. The zero-order chi connectivity index (χ0) is 29.7. The van der Waals surface area contributed by atoms with Crippen molar-refractivity contribution in [2.45, 2.75) is 83.7 Å². The number of hydrogen-bond acceptors (Lipinski definition) is 8. The van der Waals surface area contributed by atoms with E-state index < -0.39 is 76.3 Å². The van der Waals surface area contributed by atoms with Crippen LogP contribution in [0.15, 0.2) is 59.8 Å². The lowest BCUT2D eigenvalue weighted by molar-refractivity contribution is -0.226. The Morgan fingerprint density at radius 1 is 1.12 bits per heavy atom. The summed E-state index contributed by atoms with van der Waals surface area (Å²) >= 11 is 0. The summed E-state index contributed by atoms with van der Waals surface area (Å²) in [6.07, 6.45) is 14.4. The first kappa shape index (κ1) is 30.2. The van der Waals surface area contributed by atoms with Crippen molar-refractivity contribution in [2.24, 2.45) is 29.1 Å². The largest absolute Gasteiger partial charge is 0.455 e. The van der Waals surface area contributed by atoms with Gasteiger partial charge in [-0.05, 0) is 24.5 Å². The number of fused-ring (bicyclic) bond motifs is 5. The van der Waals surface area contributed by atoms with Gasteiger partial charge in [0.1, 0.15) is 11.7 Å². The highest BCUT2D eigenvalue weighted by atomic mass is 16.6. The normalized spacial score (nSPS) is 39.8. The summed E-state index contributed by atoms with van der Waals surface area (Å²) in [6.45, 7) is 10.1. The molecule has 0 aromatic carbocycles. The van der Waals surface area contributed by atoms with Gasteiger partial charge in [0.05, 0.1) is 12.2 Å². The second kappa shape index (κ2) is 10.5. The van der Waals surface area contributed by atoms with Crippen molar-refractivity contribution in [3.63, 3.8) is 0 Å². The van der Waals surface area contributed by atoms with E-state index in [1.807, 2.05) is 26.0 Å². The van der Waals surface area contributed by atoms with Crippen LogP contribution in [0.1, 0.15) is 60.8 Å².